The maximum absolute atomic E-state index is 9.98. The number of aromatic nitrogens is 2. The molecule has 3 nitrogen and oxygen atoms in total. The first-order valence-corrected chi connectivity index (χ1v) is 6.52. The highest BCUT2D eigenvalue weighted by atomic mass is 79.9. The Balaban J connectivity index is 2.10. The number of thiazole rings is 1. The summed E-state index contributed by atoms with van der Waals surface area (Å²) in [5.41, 5.74) is 1.95. The quantitative estimate of drug-likeness (QED) is 0.948. The van der Waals surface area contributed by atoms with Crippen LogP contribution in [0, 0.1) is 6.92 Å². The molecule has 0 aliphatic heterocycles. The highest BCUT2D eigenvalue weighted by Crippen LogP contribution is 2.22. The number of pyridine rings is 1. The van der Waals surface area contributed by atoms with Gasteiger partial charge in [0.1, 0.15) is 11.1 Å². The van der Waals surface area contributed by atoms with E-state index in [1.807, 2.05) is 18.4 Å². The van der Waals surface area contributed by atoms with E-state index in [1.165, 1.54) is 11.3 Å². The van der Waals surface area contributed by atoms with Crippen LogP contribution in [0.1, 0.15) is 22.4 Å². The lowest BCUT2D eigenvalue weighted by Crippen LogP contribution is -2.01. The SMILES string of the molecule is Cc1csc(C(O)Cc2cncc(Br)c2)n1. The van der Waals surface area contributed by atoms with E-state index in [-0.39, 0.29) is 0 Å². The van der Waals surface area contributed by atoms with Gasteiger partial charge in [-0.3, -0.25) is 4.98 Å². The maximum Gasteiger partial charge on any atom is 0.122 e. The van der Waals surface area contributed by atoms with Crippen LogP contribution in [0.4, 0.5) is 0 Å². The summed E-state index contributed by atoms with van der Waals surface area (Å²) in [6.45, 7) is 1.92. The first-order chi connectivity index (χ1) is 7.65. The van der Waals surface area contributed by atoms with Crippen molar-refractivity contribution in [1.82, 2.24) is 9.97 Å². The van der Waals surface area contributed by atoms with Crippen molar-refractivity contribution in [2.24, 2.45) is 0 Å². The van der Waals surface area contributed by atoms with Gasteiger partial charge in [0, 0.05) is 34.4 Å². The van der Waals surface area contributed by atoms with Crippen LogP contribution in [0.25, 0.3) is 0 Å². The van der Waals surface area contributed by atoms with Gasteiger partial charge in [-0.2, -0.15) is 0 Å². The van der Waals surface area contributed by atoms with Gasteiger partial charge in [-0.05, 0) is 34.5 Å². The number of aliphatic hydroxyl groups is 1. The number of rotatable bonds is 3. The highest BCUT2D eigenvalue weighted by Gasteiger charge is 2.12. The highest BCUT2D eigenvalue weighted by molar-refractivity contribution is 9.10. The molecule has 0 saturated heterocycles. The van der Waals surface area contributed by atoms with Crippen molar-refractivity contribution >= 4 is 27.3 Å². The lowest BCUT2D eigenvalue weighted by Gasteiger charge is -2.07. The van der Waals surface area contributed by atoms with Crippen LogP contribution in [-0.2, 0) is 6.42 Å². The van der Waals surface area contributed by atoms with Crippen LogP contribution in [-0.4, -0.2) is 15.1 Å². The summed E-state index contributed by atoms with van der Waals surface area (Å²) in [5.74, 6) is 0. The smallest absolute Gasteiger partial charge is 0.122 e. The van der Waals surface area contributed by atoms with E-state index in [4.69, 9.17) is 0 Å². The largest absolute Gasteiger partial charge is 0.386 e. The van der Waals surface area contributed by atoms with Crippen molar-refractivity contribution < 1.29 is 5.11 Å². The fourth-order valence-corrected chi connectivity index (χ4v) is 2.60. The third-order valence-corrected chi connectivity index (χ3v) is 3.61. The summed E-state index contributed by atoms with van der Waals surface area (Å²) in [4.78, 5) is 8.33. The third kappa shape index (κ3) is 2.87. The minimum absolute atomic E-state index is 0.541. The Kier molecular flexibility index (Phi) is 3.68. The molecule has 1 N–H and O–H groups in total. The van der Waals surface area contributed by atoms with Gasteiger partial charge in [0.05, 0.1) is 0 Å². The summed E-state index contributed by atoms with van der Waals surface area (Å²) in [6, 6.07) is 1.96. The van der Waals surface area contributed by atoms with Gasteiger partial charge in [0.25, 0.3) is 0 Å². The number of nitrogens with zero attached hydrogens (tertiary/aromatic N) is 2. The molecule has 0 bridgehead atoms. The molecule has 84 valence electrons. The van der Waals surface area contributed by atoms with Crippen molar-refractivity contribution in [1.29, 1.82) is 0 Å². The average Bonchev–Trinajstić information content (AvgIpc) is 2.65. The van der Waals surface area contributed by atoms with E-state index in [0.717, 1.165) is 20.7 Å². The minimum atomic E-state index is -0.546. The number of aliphatic hydroxyl groups excluding tert-OH is 1. The van der Waals surface area contributed by atoms with Crippen LogP contribution in [0.5, 0.6) is 0 Å². The lowest BCUT2D eigenvalue weighted by atomic mass is 10.1. The molecule has 2 aromatic heterocycles. The second-order valence-electron chi connectivity index (χ2n) is 3.56. The number of halogens is 1. The third-order valence-electron chi connectivity index (χ3n) is 2.11. The zero-order valence-corrected chi connectivity index (χ0v) is 11.1. The molecular weight excluding hydrogens is 288 g/mol. The standard InChI is InChI=1S/C11H11BrN2OS/c1-7-6-16-11(14-7)10(15)3-8-2-9(12)5-13-4-8/h2,4-6,10,15H,3H2,1H3. The Morgan fingerprint density at radius 2 is 2.31 bits per heavy atom. The van der Waals surface area contributed by atoms with E-state index >= 15 is 0 Å². The summed E-state index contributed by atoms with van der Waals surface area (Å²) in [6.07, 6.45) is 3.48. The van der Waals surface area contributed by atoms with Gasteiger partial charge in [0.2, 0.25) is 0 Å². The number of hydrogen-bond acceptors (Lipinski definition) is 4. The number of hydrogen-bond donors (Lipinski definition) is 1. The van der Waals surface area contributed by atoms with E-state index in [1.54, 1.807) is 12.4 Å². The maximum atomic E-state index is 9.98. The Morgan fingerprint density at radius 1 is 1.50 bits per heavy atom. The summed E-state index contributed by atoms with van der Waals surface area (Å²) < 4.78 is 0.924. The fourth-order valence-electron chi connectivity index (χ4n) is 1.40. The fraction of sp³-hybridized carbons (Fsp3) is 0.273. The van der Waals surface area contributed by atoms with Gasteiger partial charge >= 0.3 is 0 Å². The zero-order valence-electron chi connectivity index (χ0n) is 8.72. The molecule has 0 aromatic carbocycles. The van der Waals surface area contributed by atoms with Gasteiger partial charge in [0.15, 0.2) is 0 Å². The lowest BCUT2D eigenvalue weighted by molar-refractivity contribution is 0.177. The van der Waals surface area contributed by atoms with Crippen LogP contribution in [0.2, 0.25) is 0 Å². The normalized spacial score (nSPS) is 12.7. The first-order valence-electron chi connectivity index (χ1n) is 4.84. The van der Waals surface area contributed by atoms with Crippen molar-refractivity contribution in [3.05, 3.63) is 44.6 Å². The number of aryl methyl sites for hydroxylation is 1. The van der Waals surface area contributed by atoms with Crippen LogP contribution in [0.3, 0.4) is 0 Å². The van der Waals surface area contributed by atoms with Crippen molar-refractivity contribution in [3.63, 3.8) is 0 Å². The molecule has 2 rings (SSSR count). The summed E-state index contributed by atoms with van der Waals surface area (Å²) in [7, 11) is 0. The van der Waals surface area contributed by atoms with Gasteiger partial charge in [-0.25, -0.2) is 4.98 Å². The molecule has 0 spiro atoms. The molecule has 0 radical (unpaired) electrons. The molecule has 0 fully saturated rings. The van der Waals surface area contributed by atoms with Gasteiger partial charge < -0.3 is 5.11 Å². The van der Waals surface area contributed by atoms with E-state index in [9.17, 15) is 5.11 Å². The topological polar surface area (TPSA) is 46.0 Å². The monoisotopic (exact) mass is 298 g/mol. The Hall–Kier alpha value is -0.780. The van der Waals surface area contributed by atoms with Crippen molar-refractivity contribution in [2.75, 3.05) is 0 Å². The summed E-state index contributed by atoms with van der Waals surface area (Å²) in [5, 5.41) is 12.7. The first kappa shape index (κ1) is 11.7. The molecule has 1 unspecified atom stereocenters. The van der Waals surface area contributed by atoms with Crippen LogP contribution < -0.4 is 0 Å². The van der Waals surface area contributed by atoms with E-state index in [0.29, 0.717) is 6.42 Å². The second-order valence-corrected chi connectivity index (χ2v) is 5.36. The zero-order chi connectivity index (χ0) is 11.5. The predicted octanol–water partition coefficient (Wildman–Crippen LogP) is 2.89. The summed E-state index contributed by atoms with van der Waals surface area (Å²) >= 11 is 4.84. The van der Waals surface area contributed by atoms with E-state index < -0.39 is 6.10 Å². The predicted molar refractivity (Wildman–Crippen MR) is 67.5 cm³/mol. The Morgan fingerprint density at radius 3 is 2.94 bits per heavy atom. The van der Waals surface area contributed by atoms with E-state index in [2.05, 4.69) is 25.9 Å². The molecule has 16 heavy (non-hydrogen) atoms. The molecule has 0 saturated carbocycles. The van der Waals surface area contributed by atoms with Crippen molar-refractivity contribution in [3.8, 4) is 0 Å². The average molecular weight is 299 g/mol. The van der Waals surface area contributed by atoms with Gasteiger partial charge in [-0.15, -0.1) is 11.3 Å². The second kappa shape index (κ2) is 5.03. The van der Waals surface area contributed by atoms with Crippen LogP contribution >= 0.6 is 27.3 Å². The molecule has 5 heteroatoms. The molecule has 2 aromatic rings. The molecular formula is C11H11BrN2OS. The van der Waals surface area contributed by atoms with Crippen molar-refractivity contribution in [2.45, 2.75) is 19.4 Å². The van der Waals surface area contributed by atoms with Gasteiger partial charge in [-0.1, -0.05) is 0 Å². The molecule has 0 amide bonds. The Bertz CT molecular complexity index is 486. The molecule has 0 aliphatic rings. The Labute approximate surface area is 106 Å². The molecule has 1 atom stereocenters. The molecule has 0 aliphatic carbocycles. The molecule has 2 heterocycles. The van der Waals surface area contributed by atoms with Crippen LogP contribution in [0.15, 0.2) is 28.3 Å². The minimum Gasteiger partial charge on any atom is -0.386 e.